The molecule has 0 saturated carbocycles. The molecule has 0 unspecified atom stereocenters. The van der Waals surface area contributed by atoms with Crippen molar-refractivity contribution in [1.82, 2.24) is 9.21 Å². The Hall–Kier alpha value is -3.02. The van der Waals surface area contributed by atoms with Crippen molar-refractivity contribution in [2.45, 2.75) is 11.3 Å². The zero-order valence-corrected chi connectivity index (χ0v) is 16.6. The predicted octanol–water partition coefficient (Wildman–Crippen LogP) is 2.24. The van der Waals surface area contributed by atoms with Gasteiger partial charge in [-0.1, -0.05) is 12.1 Å². The highest BCUT2D eigenvalue weighted by Crippen LogP contribution is 2.33. The van der Waals surface area contributed by atoms with Crippen LogP contribution in [0.25, 0.3) is 0 Å². The summed E-state index contributed by atoms with van der Waals surface area (Å²) in [6.07, 6.45) is 8.70. The lowest BCUT2D eigenvalue weighted by atomic mass is 9.88. The summed E-state index contributed by atoms with van der Waals surface area (Å²) in [5.41, 5.74) is 7.82. The van der Waals surface area contributed by atoms with Gasteiger partial charge in [-0.15, -0.1) is 0 Å². The summed E-state index contributed by atoms with van der Waals surface area (Å²) in [6.45, 7) is 0.752. The molecule has 0 aromatic heterocycles. The fourth-order valence-corrected chi connectivity index (χ4v) is 4.45. The predicted molar refractivity (Wildman–Crippen MR) is 106 cm³/mol. The van der Waals surface area contributed by atoms with E-state index in [2.05, 4.69) is 4.90 Å². The van der Waals surface area contributed by atoms with Crippen molar-refractivity contribution in [1.29, 1.82) is 5.26 Å². The van der Waals surface area contributed by atoms with Crippen LogP contribution in [0.5, 0.6) is 0 Å². The summed E-state index contributed by atoms with van der Waals surface area (Å²) >= 11 is 0. The standard InChI is InChI=1S/C20H22N4O3S/c1-23(2)13-16-6-4-8-18(22)20(16)19-14-24(9-10-27-19)28(25,26)17-7-3-5-15(11-17)12-21/h3-5,7-11,14,16H,6,13,22H2,1-2H3/t16-/m1/s1. The molecule has 1 aliphatic carbocycles. The van der Waals surface area contributed by atoms with Crippen molar-refractivity contribution in [3.63, 3.8) is 0 Å². The third-order valence-corrected chi connectivity index (χ3v) is 6.11. The molecule has 28 heavy (non-hydrogen) atoms. The van der Waals surface area contributed by atoms with Gasteiger partial charge in [0.05, 0.1) is 28.9 Å². The van der Waals surface area contributed by atoms with E-state index < -0.39 is 10.0 Å². The van der Waals surface area contributed by atoms with E-state index in [0.29, 0.717) is 11.5 Å². The van der Waals surface area contributed by atoms with Crippen LogP contribution in [-0.4, -0.2) is 38.3 Å². The Balaban J connectivity index is 1.99. The van der Waals surface area contributed by atoms with Gasteiger partial charge < -0.3 is 15.4 Å². The first-order valence-corrected chi connectivity index (χ1v) is 10.2. The quantitative estimate of drug-likeness (QED) is 0.817. The lowest BCUT2D eigenvalue weighted by Gasteiger charge is -2.29. The average molecular weight is 398 g/mol. The SMILES string of the molecule is CN(C)C[C@H]1CC=CC(N)=C1C1=CN(S(=O)(=O)c2cccc(C#N)c2)C=CO1. The fraction of sp³-hybridized carbons (Fsp3) is 0.250. The molecular formula is C20H22N4O3S. The van der Waals surface area contributed by atoms with Crippen molar-refractivity contribution < 1.29 is 13.2 Å². The molecule has 0 radical (unpaired) electrons. The second-order valence-corrected chi connectivity index (χ2v) is 8.68. The Bertz CT molecular complexity index is 1030. The summed E-state index contributed by atoms with van der Waals surface area (Å²) in [6, 6.07) is 7.86. The molecule has 0 saturated heterocycles. The minimum atomic E-state index is -3.88. The van der Waals surface area contributed by atoms with E-state index in [0.717, 1.165) is 22.8 Å². The van der Waals surface area contributed by atoms with Gasteiger partial charge in [-0.25, -0.2) is 12.7 Å². The maximum absolute atomic E-state index is 13.0. The molecule has 1 heterocycles. The van der Waals surface area contributed by atoms with Crippen molar-refractivity contribution in [3.8, 4) is 6.07 Å². The van der Waals surface area contributed by atoms with Gasteiger partial charge in [0.25, 0.3) is 10.0 Å². The highest BCUT2D eigenvalue weighted by molar-refractivity contribution is 7.89. The molecule has 0 amide bonds. The van der Waals surface area contributed by atoms with Crippen LogP contribution in [0.4, 0.5) is 0 Å². The number of ether oxygens (including phenoxy) is 1. The maximum Gasteiger partial charge on any atom is 0.267 e. The summed E-state index contributed by atoms with van der Waals surface area (Å²) in [7, 11) is 0.0696. The van der Waals surface area contributed by atoms with E-state index in [1.165, 1.54) is 30.8 Å². The van der Waals surface area contributed by atoms with Crippen molar-refractivity contribution >= 4 is 10.0 Å². The number of hydrogen-bond acceptors (Lipinski definition) is 6. The van der Waals surface area contributed by atoms with Crippen LogP contribution in [0.2, 0.25) is 0 Å². The number of nitrogens with zero attached hydrogens (tertiary/aromatic N) is 3. The van der Waals surface area contributed by atoms with Gasteiger partial charge >= 0.3 is 0 Å². The maximum atomic E-state index is 13.0. The largest absolute Gasteiger partial charge is 0.461 e. The summed E-state index contributed by atoms with van der Waals surface area (Å²) in [4.78, 5) is 2.09. The lowest BCUT2D eigenvalue weighted by molar-refractivity contribution is 0.299. The highest BCUT2D eigenvalue weighted by Gasteiger charge is 2.29. The van der Waals surface area contributed by atoms with Crippen molar-refractivity contribution in [2.24, 2.45) is 11.7 Å². The van der Waals surface area contributed by atoms with Crippen LogP contribution < -0.4 is 5.73 Å². The van der Waals surface area contributed by atoms with Crippen LogP contribution in [0, 0.1) is 17.2 Å². The Morgan fingerprint density at radius 3 is 2.89 bits per heavy atom. The second kappa shape index (κ2) is 7.92. The lowest BCUT2D eigenvalue weighted by Crippen LogP contribution is -2.29. The minimum Gasteiger partial charge on any atom is -0.461 e. The van der Waals surface area contributed by atoms with Gasteiger partial charge in [0.15, 0.2) is 0 Å². The Kier molecular flexibility index (Phi) is 5.58. The van der Waals surface area contributed by atoms with E-state index >= 15 is 0 Å². The third-order valence-electron chi connectivity index (χ3n) is 4.47. The highest BCUT2D eigenvalue weighted by atomic mass is 32.2. The van der Waals surface area contributed by atoms with Gasteiger partial charge in [0.1, 0.15) is 12.0 Å². The first-order chi connectivity index (χ1) is 13.3. The van der Waals surface area contributed by atoms with E-state index in [9.17, 15) is 8.42 Å². The molecular weight excluding hydrogens is 376 g/mol. The molecule has 0 fully saturated rings. The fourth-order valence-electron chi connectivity index (χ4n) is 3.24. The Labute approximate surface area is 165 Å². The smallest absolute Gasteiger partial charge is 0.267 e. The molecule has 7 nitrogen and oxygen atoms in total. The van der Waals surface area contributed by atoms with Gasteiger partial charge in [-0.2, -0.15) is 5.26 Å². The molecule has 2 N–H and O–H groups in total. The van der Waals surface area contributed by atoms with Crippen LogP contribution >= 0.6 is 0 Å². The molecule has 3 rings (SSSR count). The summed E-state index contributed by atoms with van der Waals surface area (Å²) < 4.78 is 32.8. The van der Waals surface area contributed by atoms with Gasteiger partial charge in [0, 0.05) is 23.7 Å². The van der Waals surface area contributed by atoms with Crippen LogP contribution in [-0.2, 0) is 14.8 Å². The molecule has 1 atom stereocenters. The van der Waals surface area contributed by atoms with Gasteiger partial charge in [-0.3, -0.25) is 0 Å². The van der Waals surface area contributed by atoms with E-state index in [4.69, 9.17) is 15.7 Å². The number of nitriles is 1. The van der Waals surface area contributed by atoms with Crippen LogP contribution in [0.15, 0.2) is 77.0 Å². The monoisotopic (exact) mass is 398 g/mol. The van der Waals surface area contributed by atoms with Gasteiger partial charge in [-0.05, 0) is 44.8 Å². The van der Waals surface area contributed by atoms with Crippen LogP contribution in [0.3, 0.4) is 0 Å². The van der Waals surface area contributed by atoms with Gasteiger partial charge in [0.2, 0.25) is 0 Å². The number of sulfonamides is 1. The topological polar surface area (TPSA) is 99.7 Å². The number of rotatable bonds is 5. The van der Waals surface area contributed by atoms with E-state index in [-0.39, 0.29) is 16.4 Å². The average Bonchev–Trinajstić information content (AvgIpc) is 2.68. The third kappa shape index (κ3) is 3.96. The van der Waals surface area contributed by atoms with Crippen LogP contribution in [0.1, 0.15) is 12.0 Å². The van der Waals surface area contributed by atoms with E-state index in [1.807, 2.05) is 32.3 Å². The summed E-state index contributed by atoms with van der Waals surface area (Å²) in [5, 5.41) is 9.05. The Morgan fingerprint density at radius 1 is 1.39 bits per heavy atom. The molecule has 1 aromatic carbocycles. The first kappa shape index (κ1) is 19.7. The molecule has 0 spiro atoms. The zero-order chi connectivity index (χ0) is 20.3. The molecule has 146 valence electrons. The zero-order valence-electron chi connectivity index (χ0n) is 15.7. The minimum absolute atomic E-state index is 0.0315. The number of benzene rings is 1. The normalized spacial score (nSPS) is 19.4. The number of nitrogens with two attached hydrogens (primary N) is 1. The van der Waals surface area contributed by atoms with Crippen molar-refractivity contribution in [2.75, 3.05) is 20.6 Å². The number of allylic oxidation sites excluding steroid dienone is 3. The van der Waals surface area contributed by atoms with Crippen molar-refractivity contribution in [3.05, 3.63) is 77.7 Å². The molecule has 0 bridgehead atoms. The molecule has 1 aliphatic heterocycles. The second-order valence-electron chi connectivity index (χ2n) is 6.84. The first-order valence-electron chi connectivity index (χ1n) is 8.73. The summed E-state index contributed by atoms with van der Waals surface area (Å²) in [5.74, 6) is 0.487. The van der Waals surface area contributed by atoms with E-state index in [1.54, 1.807) is 12.1 Å². The Morgan fingerprint density at radius 2 is 2.18 bits per heavy atom. The number of hydrogen-bond donors (Lipinski definition) is 1. The molecule has 8 heteroatoms. The molecule has 2 aliphatic rings. The molecule has 1 aromatic rings.